The van der Waals surface area contributed by atoms with E-state index < -0.39 is 0 Å². The molecule has 0 radical (unpaired) electrons. The Kier molecular flexibility index (Phi) is 3.84. The molecule has 178 valence electrons. The van der Waals surface area contributed by atoms with Gasteiger partial charge < -0.3 is 0 Å². The Balaban J connectivity index is 1.68. The third-order valence-corrected chi connectivity index (χ3v) is 9.02. The molecule has 1 heterocycles. The van der Waals surface area contributed by atoms with Gasteiger partial charge in [-0.3, -0.25) is 0 Å². The van der Waals surface area contributed by atoms with E-state index in [1.807, 2.05) is 0 Å². The first-order valence-corrected chi connectivity index (χ1v) is 13.2. The van der Waals surface area contributed by atoms with E-state index in [9.17, 15) is 0 Å². The Hall–Kier alpha value is -4.17. The molecule has 6 aromatic rings. The first kappa shape index (κ1) is 21.0. The number of para-hydroxylation sites is 1. The monoisotopic (exact) mass is 477 g/mol. The molecule has 1 N–H and O–H groups in total. The van der Waals surface area contributed by atoms with E-state index in [0.29, 0.717) is 0 Å². The number of H-pyrrole nitrogens is 1. The number of imidazole rings is 1. The SMILES string of the molecule is CC1(C)c2cccc3c2-c2c1c1[nH]c(-c4ccccc4)[n+](-c4ccccc4)c1c1cccc(c21)C3(C)C. The molecule has 2 heteroatoms. The van der Waals surface area contributed by atoms with Crippen LogP contribution in [0.15, 0.2) is 97.1 Å². The van der Waals surface area contributed by atoms with Crippen LogP contribution in [0.4, 0.5) is 0 Å². The van der Waals surface area contributed by atoms with E-state index >= 15 is 0 Å². The van der Waals surface area contributed by atoms with Crippen molar-refractivity contribution in [2.45, 2.75) is 38.5 Å². The van der Waals surface area contributed by atoms with Crippen LogP contribution in [0.2, 0.25) is 0 Å². The number of hydrogen-bond acceptors (Lipinski definition) is 0. The highest BCUT2D eigenvalue weighted by Gasteiger charge is 2.48. The van der Waals surface area contributed by atoms with Gasteiger partial charge in [0, 0.05) is 21.8 Å². The van der Waals surface area contributed by atoms with E-state index in [-0.39, 0.29) is 10.8 Å². The minimum atomic E-state index is -0.117. The van der Waals surface area contributed by atoms with Crippen molar-refractivity contribution in [3.8, 4) is 28.2 Å². The molecule has 0 spiro atoms. The Morgan fingerprint density at radius 2 is 1.22 bits per heavy atom. The predicted molar refractivity (Wildman–Crippen MR) is 152 cm³/mol. The van der Waals surface area contributed by atoms with Gasteiger partial charge in [0.15, 0.2) is 11.0 Å². The highest BCUT2D eigenvalue weighted by molar-refractivity contribution is 6.18. The molecule has 0 saturated heterocycles. The summed E-state index contributed by atoms with van der Waals surface area (Å²) in [7, 11) is 0. The molecule has 1 aromatic heterocycles. The van der Waals surface area contributed by atoms with Gasteiger partial charge >= 0.3 is 0 Å². The molecular weight excluding hydrogens is 448 g/mol. The van der Waals surface area contributed by atoms with Crippen LogP contribution < -0.4 is 4.57 Å². The fourth-order valence-electron chi connectivity index (χ4n) is 7.33. The lowest BCUT2D eigenvalue weighted by molar-refractivity contribution is -0.553. The molecule has 0 amide bonds. The quantitative estimate of drug-likeness (QED) is 0.242. The first-order chi connectivity index (χ1) is 17.9. The first-order valence-electron chi connectivity index (χ1n) is 13.2. The number of rotatable bonds is 2. The zero-order valence-electron chi connectivity index (χ0n) is 21.7. The average molecular weight is 478 g/mol. The summed E-state index contributed by atoms with van der Waals surface area (Å²) >= 11 is 0. The third-order valence-electron chi connectivity index (χ3n) is 9.02. The van der Waals surface area contributed by atoms with Gasteiger partial charge in [0.1, 0.15) is 5.69 Å². The highest BCUT2D eigenvalue weighted by atomic mass is 15.1. The molecule has 5 aromatic carbocycles. The van der Waals surface area contributed by atoms with Crippen molar-refractivity contribution in [3.05, 3.63) is 119 Å². The number of fused-ring (bicyclic) bond motifs is 3. The molecule has 2 nitrogen and oxygen atoms in total. The molecule has 2 aliphatic rings. The number of benzene rings is 5. The smallest absolute Gasteiger partial charge is 0.236 e. The standard InChI is InChI=1S/C35H28N2/c1-34(2)24-18-11-17-23-27(24)29-28-25(34)19-12-20-26(28)35(3,4)30(29)31-32(23)37(22-15-9-6-10-16-22)33(36-31)21-13-7-5-8-14-21/h5-20H,1-4H3/p+1. The normalized spacial score (nSPS) is 16.0. The molecular formula is C35H29N2+. The van der Waals surface area contributed by atoms with E-state index in [4.69, 9.17) is 0 Å². The second-order valence-corrected chi connectivity index (χ2v) is 11.7. The summed E-state index contributed by atoms with van der Waals surface area (Å²) in [5, 5.41) is 2.74. The molecule has 37 heavy (non-hydrogen) atoms. The van der Waals surface area contributed by atoms with Gasteiger partial charge in [0.25, 0.3) is 5.82 Å². The maximum Gasteiger partial charge on any atom is 0.292 e. The number of hydrogen-bond donors (Lipinski definition) is 1. The summed E-state index contributed by atoms with van der Waals surface area (Å²) in [5.74, 6) is 1.12. The van der Waals surface area contributed by atoms with Crippen LogP contribution in [0.25, 0.3) is 50.0 Å². The number of aromatic amines is 1. The van der Waals surface area contributed by atoms with Crippen LogP contribution in [0.1, 0.15) is 49.9 Å². The maximum atomic E-state index is 3.98. The second-order valence-electron chi connectivity index (χ2n) is 11.7. The lowest BCUT2D eigenvalue weighted by atomic mass is 9.68. The van der Waals surface area contributed by atoms with E-state index in [1.165, 1.54) is 66.4 Å². The topological polar surface area (TPSA) is 19.7 Å². The molecule has 8 rings (SSSR count). The van der Waals surface area contributed by atoms with Crippen LogP contribution in [0.5, 0.6) is 0 Å². The summed E-state index contributed by atoms with van der Waals surface area (Å²) in [5.41, 5.74) is 13.3. The van der Waals surface area contributed by atoms with Crippen LogP contribution in [-0.2, 0) is 10.8 Å². The van der Waals surface area contributed by atoms with E-state index in [1.54, 1.807) is 0 Å². The van der Waals surface area contributed by atoms with Crippen molar-refractivity contribution in [1.82, 2.24) is 4.98 Å². The Morgan fingerprint density at radius 3 is 1.95 bits per heavy atom. The van der Waals surface area contributed by atoms with Gasteiger partial charge in [0.2, 0.25) is 0 Å². The molecule has 0 saturated carbocycles. The molecule has 0 aliphatic heterocycles. The van der Waals surface area contributed by atoms with Crippen LogP contribution in [0.3, 0.4) is 0 Å². The molecule has 0 bridgehead atoms. The average Bonchev–Trinajstić information content (AvgIpc) is 3.42. The van der Waals surface area contributed by atoms with Crippen molar-refractivity contribution < 1.29 is 4.57 Å². The largest absolute Gasteiger partial charge is 0.292 e. The Bertz CT molecular complexity index is 1900. The summed E-state index contributed by atoms with van der Waals surface area (Å²) in [6.07, 6.45) is 0. The van der Waals surface area contributed by atoms with Gasteiger partial charge in [-0.15, -0.1) is 0 Å². The fraction of sp³-hybridized carbons (Fsp3) is 0.171. The number of nitrogens with zero attached hydrogens (tertiary/aromatic N) is 1. The third kappa shape index (κ3) is 2.44. The van der Waals surface area contributed by atoms with E-state index in [2.05, 4.69) is 134 Å². The van der Waals surface area contributed by atoms with Crippen molar-refractivity contribution in [3.63, 3.8) is 0 Å². The minimum Gasteiger partial charge on any atom is -0.236 e. The zero-order valence-corrected chi connectivity index (χ0v) is 21.7. The van der Waals surface area contributed by atoms with Crippen LogP contribution >= 0.6 is 0 Å². The molecule has 2 aliphatic carbocycles. The second kappa shape index (κ2) is 6.77. The van der Waals surface area contributed by atoms with Crippen LogP contribution in [0, 0.1) is 0 Å². The lowest BCUT2D eigenvalue weighted by Gasteiger charge is -2.34. The lowest BCUT2D eigenvalue weighted by Crippen LogP contribution is -2.32. The van der Waals surface area contributed by atoms with Crippen molar-refractivity contribution in [2.75, 3.05) is 0 Å². The zero-order chi connectivity index (χ0) is 25.1. The minimum absolute atomic E-state index is 0.0701. The van der Waals surface area contributed by atoms with Gasteiger partial charge in [-0.05, 0) is 63.5 Å². The van der Waals surface area contributed by atoms with Crippen molar-refractivity contribution in [1.29, 1.82) is 0 Å². The summed E-state index contributed by atoms with van der Waals surface area (Å²) in [6.45, 7) is 9.60. The molecule has 0 fully saturated rings. The van der Waals surface area contributed by atoms with Gasteiger partial charge in [-0.25, -0.2) is 4.98 Å². The van der Waals surface area contributed by atoms with Crippen molar-refractivity contribution >= 4 is 21.8 Å². The van der Waals surface area contributed by atoms with Gasteiger partial charge in [0.05, 0.1) is 5.56 Å². The molecule has 0 atom stereocenters. The maximum absolute atomic E-state index is 3.98. The number of nitrogens with one attached hydrogen (secondary N) is 1. The van der Waals surface area contributed by atoms with E-state index in [0.717, 1.165) is 5.82 Å². The van der Waals surface area contributed by atoms with Crippen LogP contribution in [-0.4, -0.2) is 4.98 Å². The van der Waals surface area contributed by atoms with Gasteiger partial charge in [-0.2, -0.15) is 4.57 Å². The molecule has 0 unspecified atom stereocenters. The Labute approximate surface area is 217 Å². The van der Waals surface area contributed by atoms with Crippen molar-refractivity contribution in [2.24, 2.45) is 0 Å². The predicted octanol–water partition coefficient (Wildman–Crippen LogP) is 8.21. The number of aromatic nitrogens is 2. The summed E-state index contributed by atoms with van der Waals surface area (Å²) in [6, 6.07) is 35.5. The summed E-state index contributed by atoms with van der Waals surface area (Å²) < 4.78 is 2.45. The summed E-state index contributed by atoms with van der Waals surface area (Å²) in [4.78, 5) is 3.98. The Morgan fingerprint density at radius 1 is 0.595 bits per heavy atom. The van der Waals surface area contributed by atoms with Gasteiger partial charge in [-0.1, -0.05) is 94.4 Å². The fourth-order valence-corrected chi connectivity index (χ4v) is 7.33. The highest BCUT2D eigenvalue weighted by Crippen LogP contribution is 2.61.